The van der Waals surface area contributed by atoms with Crippen molar-refractivity contribution in [2.24, 2.45) is 0 Å². The lowest BCUT2D eigenvalue weighted by molar-refractivity contribution is -0.132. The predicted octanol–water partition coefficient (Wildman–Crippen LogP) is 2.82. The van der Waals surface area contributed by atoms with E-state index in [-0.39, 0.29) is 30.4 Å². The van der Waals surface area contributed by atoms with Crippen LogP contribution in [0, 0.1) is 6.92 Å². The SMILES string of the molecule is Cc1ccc(C(=O)CCC(=O)N2CCN(C(=O)c3ccc4nc[nH]c4c3)CC2)cc1. The zero-order chi connectivity index (χ0) is 21.1. The molecule has 1 saturated heterocycles. The lowest BCUT2D eigenvalue weighted by Crippen LogP contribution is -2.50. The van der Waals surface area contributed by atoms with Crippen LogP contribution >= 0.6 is 0 Å². The summed E-state index contributed by atoms with van der Waals surface area (Å²) in [7, 11) is 0. The highest BCUT2D eigenvalue weighted by Crippen LogP contribution is 2.16. The Hall–Kier alpha value is -3.48. The highest BCUT2D eigenvalue weighted by atomic mass is 16.2. The lowest BCUT2D eigenvalue weighted by atomic mass is 10.0. The van der Waals surface area contributed by atoms with E-state index in [9.17, 15) is 14.4 Å². The van der Waals surface area contributed by atoms with E-state index in [1.807, 2.05) is 25.1 Å². The Kier molecular flexibility index (Phi) is 5.61. The Labute approximate surface area is 174 Å². The average molecular weight is 404 g/mol. The molecule has 1 fully saturated rings. The number of carbonyl (C=O) groups is 3. The van der Waals surface area contributed by atoms with E-state index in [1.165, 1.54) is 0 Å². The van der Waals surface area contributed by atoms with Crippen LogP contribution in [0.15, 0.2) is 48.8 Å². The van der Waals surface area contributed by atoms with Crippen molar-refractivity contribution >= 4 is 28.6 Å². The summed E-state index contributed by atoms with van der Waals surface area (Å²) in [6.45, 7) is 3.90. The number of aromatic nitrogens is 2. The molecule has 3 aromatic rings. The largest absolute Gasteiger partial charge is 0.345 e. The molecule has 0 bridgehead atoms. The summed E-state index contributed by atoms with van der Waals surface area (Å²) >= 11 is 0. The Bertz CT molecular complexity index is 1080. The summed E-state index contributed by atoms with van der Waals surface area (Å²) in [4.78, 5) is 48.3. The summed E-state index contributed by atoms with van der Waals surface area (Å²) in [5, 5.41) is 0. The number of nitrogens with one attached hydrogen (secondary N) is 1. The van der Waals surface area contributed by atoms with Gasteiger partial charge in [-0.05, 0) is 25.1 Å². The predicted molar refractivity (Wildman–Crippen MR) is 113 cm³/mol. The summed E-state index contributed by atoms with van der Waals surface area (Å²) < 4.78 is 0. The van der Waals surface area contributed by atoms with E-state index >= 15 is 0 Å². The number of hydrogen-bond donors (Lipinski definition) is 1. The minimum absolute atomic E-state index is 0.0219. The van der Waals surface area contributed by atoms with Crippen molar-refractivity contribution in [3.63, 3.8) is 0 Å². The molecule has 0 radical (unpaired) electrons. The van der Waals surface area contributed by atoms with Gasteiger partial charge >= 0.3 is 0 Å². The van der Waals surface area contributed by atoms with Crippen molar-refractivity contribution in [1.82, 2.24) is 19.8 Å². The van der Waals surface area contributed by atoms with Crippen LogP contribution < -0.4 is 0 Å². The molecule has 0 aliphatic carbocycles. The molecule has 1 aliphatic heterocycles. The van der Waals surface area contributed by atoms with Crippen molar-refractivity contribution in [2.45, 2.75) is 19.8 Å². The maximum atomic E-state index is 12.8. The summed E-state index contributed by atoms with van der Waals surface area (Å²) in [5.41, 5.74) is 3.99. The highest BCUT2D eigenvalue weighted by Gasteiger charge is 2.25. The molecule has 7 nitrogen and oxygen atoms in total. The number of amides is 2. The first-order chi connectivity index (χ1) is 14.5. The van der Waals surface area contributed by atoms with Gasteiger partial charge in [-0.1, -0.05) is 29.8 Å². The van der Waals surface area contributed by atoms with Gasteiger partial charge in [0.2, 0.25) is 5.91 Å². The van der Waals surface area contributed by atoms with Crippen LogP contribution in [0.25, 0.3) is 11.0 Å². The number of nitrogens with zero attached hydrogens (tertiary/aromatic N) is 3. The van der Waals surface area contributed by atoms with Gasteiger partial charge in [0, 0.05) is 50.1 Å². The zero-order valence-electron chi connectivity index (χ0n) is 16.9. The fourth-order valence-corrected chi connectivity index (χ4v) is 3.67. The molecule has 0 atom stereocenters. The average Bonchev–Trinajstić information content (AvgIpc) is 3.25. The fraction of sp³-hybridized carbons (Fsp3) is 0.304. The topological polar surface area (TPSA) is 86.4 Å². The zero-order valence-corrected chi connectivity index (χ0v) is 16.9. The number of ketones is 1. The van der Waals surface area contributed by atoms with Gasteiger partial charge in [0.1, 0.15) is 0 Å². The van der Waals surface area contributed by atoms with Crippen LogP contribution in [0.1, 0.15) is 39.1 Å². The van der Waals surface area contributed by atoms with Crippen LogP contribution in [0.5, 0.6) is 0 Å². The van der Waals surface area contributed by atoms with Crippen molar-refractivity contribution in [2.75, 3.05) is 26.2 Å². The van der Waals surface area contributed by atoms with Crippen LogP contribution in [0.4, 0.5) is 0 Å². The van der Waals surface area contributed by atoms with Gasteiger partial charge in [0.05, 0.1) is 17.4 Å². The monoisotopic (exact) mass is 404 g/mol. The van der Waals surface area contributed by atoms with E-state index in [0.29, 0.717) is 37.3 Å². The third-order valence-corrected chi connectivity index (χ3v) is 5.53. The van der Waals surface area contributed by atoms with E-state index < -0.39 is 0 Å². The number of rotatable bonds is 5. The van der Waals surface area contributed by atoms with Gasteiger partial charge in [-0.25, -0.2) is 4.98 Å². The molecule has 30 heavy (non-hydrogen) atoms. The van der Waals surface area contributed by atoms with E-state index in [4.69, 9.17) is 0 Å². The van der Waals surface area contributed by atoms with Gasteiger partial charge in [-0.2, -0.15) is 0 Å². The fourth-order valence-electron chi connectivity index (χ4n) is 3.67. The molecule has 2 amide bonds. The number of fused-ring (bicyclic) bond motifs is 1. The van der Waals surface area contributed by atoms with E-state index in [0.717, 1.165) is 16.6 Å². The van der Waals surface area contributed by atoms with Crippen molar-refractivity contribution in [3.05, 3.63) is 65.5 Å². The van der Waals surface area contributed by atoms with Crippen molar-refractivity contribution in [1.29, 1.82) is 0 Å². The smallest absolute Gasteiger partial charge is 0.254 e. The molecule has 1 aliphatic rings. The highest BCUT2D eigenvalue weighted by molar-refractivity contribution is 5.98. The normalized spacial score (nSPS) is 14.2. The lowest BCUT2D eigenvalue weighted by Gasteiger charge is -2.35. The molecule has 1 N–H and O–H groups in total. The second-order valence-corrected chi connectivity index (χ2v) is 7.60. The molecule has 154 valence electrons. The van der Waals surface area contributed by atoms with Gasteiger partial charge in [-0.15, -0.1) is 0 Å². The van der Waals surface area contributed by atoms with Crippen LogP contribution in [0.3, 0.4) is 0 Å². The molecule has 0 unspecified atom stereocenters. The van der Waals surface area contributed by atoms with E-state index in [1.54, 1.807) is 40.4 Å². The van der Waals surface area contributed by atoms with E-state index in [2.05, 4.69) is 9.97 Å². The number of Topliss-reactive ketones (excluding diaryl/α,β-unsaturated/α-hetero) is 1. The minimum atomic E-state index is -0.0480. The van der Waals surface area contributed by atoms with Gasteiger partial charge in [-0.3, -0.25) is 14.4 Å². The molecular formula is C23H24N4O3. The summed E-state index contributed by atoms with van der Waals surface area (Å²) in [6, 6.07) is 12.8. The molecule has 0 spiro atoms. The number of imidazole rings is 1. The second kappa shape index (κ2) is 8.49. The van der Waals surface area contributed by atoms with Crippen LogP contribution in [-0.4, -0.2) is 63.5 Å². The molecule has 4 rings (SSSR count). The molecule has 1 aromatic heterocycles. The van der Waals surface area contributed by atoms with Crippen molar-refractivity contribution < 1.29 is 14.4 Å². The molecular weight excluding hydrogens is 380 g/mol. The quantitative estimate of drug-likeness (QED) is 0.663. The number of hydrogen-bond acceptors (Lipinski definition) is 4. The number of carbonyl (C=O) groups excluding carboxylic acids is 3. The maximum absolute atomic E-state index is 12.8. The number of aromatic amines is 1. The van der Waals surface area contributed by atoms with Gasteiger partial charge in [0.15, 0.2) is 5.78 Å². The first-order valence-corrected chi connectivity index (χ1v) is 10.1. The van der Waals surface area contributed by atoms with Crippen LogP contribution in [0.2, 0.25) is 0 Å². The minimum Gasteiger partial charge on any atom is -0.345 e. The Morgan fingerprint density at radius 2 is 1.57 bits per heavy atom. The summed E-state index contributed by atoms with van der Waals surface area (Å²) in [5.74, 6) is -0.110. The third kappa shape index (κ3) is 4.25. The first-order valence-electron chi connectivity index (χ1n) is 10.1. The molecule has 2 aromatic carbocycles. The number of benzene rings is 2. The van der Waals surface area contributed by atoms with Crippen molar-refractivity contribution in [3.8, 4) is 0 Å². The summed E-state index contributed by atoms with van der Waals surface area (Å²) in [6.07, 6.45) is 2.00. The molecule has 2 heterocycles. The first kappa shape index (κ1) is 19.8. The maximum Gasteiger partial charge on any atom is 0.254 e. The third-order valence-electron chi connectivity index (χ3n) is 5.53. The molecule has 0 saturated carbocycles. The van der Waals surface area contributed by atoms with Crippen LogP contribution in [-0.2, 0) is 4.79 Å². The Morgan fingerprint density at radius 1 is 0.900 bits per heavy atom. The standard InChI is InChI=1S/C23H24N4O3/c1-16-2-4-17(5-3-16)21(28)8-9-22(29)26-10-12-27(13-11-26)23(30)18-6-7-19-20(14-18)25-15-24-19/h2-7,14-15H,8-13H2,1H3,(H,24,25). The molecule has 7 heteroatoms. The second-order valence-electron chi connectivity index (χ2n) is 7.60. The van der Waals surface area contributed by atoms with Gasteiger partial charge < -0.3 is 14.8 Å². The Morgan fingerprint density at radius 3 is 2.30 bits per heavy atom. The van der Waals surface area contributed by atoms with Gasteiger partial charge in [0.25, 0.3) is 5.91 Å². The number of aryl methyl sites for hydroxylation is 1. The number of piperazine rings is 1. The number of H-pyrrole nitrogens is 1. The Balaban J connectivity index is 1.28.